The first-order chi connectivity index (χ1) is 9.29. The van der Waals surface area contributed by atoms with Crippen LogP contribution in [0.4, 0.5) is 0 Å². The van der Waals surface area contributed by atoms with Crippen molar-refractivity contribution in [2.24, 2.45) is 5.92 Å². The molecule has 1 aliphatic rings. The lowest BCUT2D eigenvalue weighted by Crippen LogP contribution is -2.15. The number of esters is 1. The summed E-state index contributed by atoms with van der Waals surface area (Å²) < 4.78 is 10.8. The molecule has 1 aromatic rings. The van der Waals surface area contributed by atoms with E-state index in [1.165, 1.54) is 32.1 Å². The van der Waals surface area contributed by atoms with E-state index in [0.29, 0.717) is 18.1 Å². The highest BCUT2D eigenvalue weighted by Crippen LogP contribution is 2.24. The molecule has 0 heterocycles. The van der Waals surface area contributed by atoms with Gasteiger partial charge in [0.1, 0.15) is 5.75 Å². The van der Waals surface area contributed by atoms with Crippen LogP contribution in [-0.4, -0.2) is 19.2 Å². The molecule has 0 aromatic heterocycles. The van der Waals surface area contributed by atoms with E-state index < -0.39 is 0 Å². The highest BCUT2D eigenvalue weighted by Gasteiger charge is 2.14. The van der Waals surface area contributed by atoms with Crippen LogP contribution in [0.2, 0.25) is 0 Å². The Balaban J connectivity index is 1.89. The van der Waals surface area contributed by atoms with Gasteiger partial charge in [-0.3, -0.25) is 0 Å². The second kappa shape index (κ2) is 7.17. The SMILES string of the molecule is CCOC(=O)c1cccc(OCC2CCCCC2)c1. The summed E-state index contributed by atoms with van der Waals surface area (Å²) >= 11 is 0. The molecule has 104 valence electrons. The molecule has 0 unspecified atom stereocenters. The van der Waals surface area contributed by atoms with Crippen molar-refractivity contribution in [1.82, 2.24) is 0 Å². The van der Waals surface area contributed by atoms with Crippen molar-refractivity contribution in [2.75, 3.05) is 13.2 Å². The van der Waals surface area contributed by atoms with Crippen LogP contribution in [0, 0.1) is 5.92 Å². The van der Waals surface area contributed by atoms with E-state index in [-0.39, 0.29) is 5.97 Å². The molecule has 0 atom stereocenters. The molecule has 19 heavy (non-hydrogen) atoms. The average Bonchev–Trinajstić information content (AvgIpc) is 2.47. The fourth-order valence-electron chi connectivity index (χ4n) is 2.50. The Morgan fingerprint density at radius 1 is 1.26 bits per heavy atom. The summed E-state index contributed by atoms with van der Waals surface area (Å²) in [5, 5.41) is 0. The Bertz CT molecular complexity index is 408. The first-order valence-corrected chi connectivity index (χ1v) is 7.19. The van der Waals surface area contributed by atoms with E-state index in [4.69, 9.17) is 9.47 Å². The lowest BCUT2D eigenvalue weighted by Gasteiger charge is -2.21. The Morgan fingerprint density at radius 3 is 2.79 bits per heavy atom. The van der Waals surface area contributed by atoms with Gasteiger partial charge in [-0.25, -0.2) is 4.79 Å². The van der Waals surface area contributed by atoms with Gasteiger partial charge < -0.3 is 9.47 Å². The maximum absolute atomic E-state index is 11.6. The summed E-state index contributed by atoms with van der Waals surface area (Å²) in [5.41, 5.74) is 0.558. The van der Waals surface area contributed by atoms with Gasteiger partial charge in [-0.2, -0.15) is 0 Å². The van der Waals surface area contributed by atoms with Crippen LogP contribution in [0.25, 0.3) is 0 Å². The number of rotatable bonds is 5. The largest absolute Gasteiger partial charge is 0.493 e. The van der Waals surface area contributed by atoms with E-state index in [0.717, 1.165) is 12.4 Å². The van der Waals surface area contributed by atoms with E-state index >= 15 is 0 Å². The van der Waals surface area contributed by atoms with Crippen molar-refractivity contribution >= 4 is 5.97 Å². The molecular formula is C16H22O3. The zero-order valence-electron chi connectivity index (χ0n) is 11.6. The minimum atomic E-state index is -0.286. The van der Waals surface area contributed by atoms with Crippen LogP contribution < -0.4 is 4.74 Å². The molecule has 0 spiro atoms. The highest BCUT2D eigenvalue weighted by molar-refractivity contribution is 5.89. The van der Waals surface area contributed by atoms with Gasteiger partial charge >= 0.3 is 5.97 Å². The second-order valence-electron chi connectivity index (χ2n) is 5.06. The number of benzene rings is 1. The molecule has 1 aromatic carbocycles. The Morgan fingerprint density at radius 2 is 2.05 bits per heavy atom. The lowest BCUT2D eigenvalue weighted by atomic mass is 9.90. The van der Waals surface area contributed by atoms with E-state index in [2.05, 4.69) is 0 Å². The molecule has 1 saturated carbocycles. The van der Waals surface area contributed by atoms with Gasteiger partial charge in [0.05, 0.1) is 18.8 Å². The zero-order chi connectivity index (χ0) is 13.5. The van der Waals surface area contributed by atoms with Gasteiger partial charge in [0.25, 0.3) is 0 Å². The Hall–Kier alpha value is -1.51. The maximum Gasteiger partial charge on any atom is 0.338 e. The minimum absolute atomic E-state index is 0.286. The number of hydrogen-bond acceptors (Lipinski definition) is 3. The van der Waals surface area contributed by atoms with Gasteiger partial charge in [0, 0.05) is 0 Å². The molecule has 0 radical (unpaired) electrons. The molecule has 0 aliphatic heterocycles. The Kier molecular flexibility index (Phi) is 5.25. The number of carbonyl (C=O) groups excluding carboxylic acids is 1. The summed E-state index contributed by atoms with van der Waals surface area (Å²) in [6.07, 6.45) is 6.51. The quantitative estimate of drug-likeness (QED) is 0.757. The van der Waals surface area contributed by atoms with Crippen LogP contribution in [-0.2, 0) is 4.74 Å². The predicted molar refractivity (Wildman–Crippen MR) is 74.5 cm³/mol. The first-order valence-electron chi connectivity index (χ1n) is 7.19. The van der Waals surface area contributed by atoms with Crippen LogP contribution in [0.15, 0.2) is 24.3 Å². The van der Waals surface area contributed by atoms with Gasteiger partial charge in [-0.05, 0) is 43.9 Å². The normalized spacial score (nSPS) is 16.1. The molecule has 3 heteroatoms. The number of ether oxygens (including phenoxy) is 2. The van der Waals surface area contributed by atoms with Gasteiger partial charge in [0.15, 0.2) is 0 Å². The van der Waals surface area contributed by atoms with Crippen LogP contribution in [0.3, 0.4) is 0 Å². The van der Waals surface area contributed by atoms with Gasteiger partial charge in [-0.1, -0.05) is 25.3 Å². The van der Waals surface area contributed by atoms with E-state index in [1.54, 1.807) is 19.1 Å². The highest BCUT2D eigenvalue weighted by atomic mass is 16.5. The molecule has 2 rings (SSSR count). The third-order valence-electron chi connectivity index (χ3n) is 3.56. The summed E-state index contributed by atoms with van der Waals surface area (Å²) in [4.78, 5) is 11.6. The van der Waals surface area contributed by atoms with Gasteiger partial charge in [-0.15, -0.1) is 0 Å². The standard InChI is InChI=1S/C16H22O3/c1-2-18-16(17)14-9-6-10-15(11-14)19-12-13-7-4-3-5-8-13/h6,9-11,13H,2-5,7-8,12H2,1H3. The number of hydrogen-bond donors (Lipinski definition) is 0. The summed E-state index contributed by atoms with van der Waals surface area (Å²) in [6, 6.07) is 7.25. The monoisotopic (exact) mass is 262 g/mol. The molecule has 1 aliphatic carbocycles. The smallest absolute Gasteiger partial charge is 0.338 e. The maximum atomic E-state index is 11.6. The fraction of sp³-hybridized carbons (Fsp3) is 0.562. The molecular weight excluding hydrogens is 240 g/mol. The van der Waals surface area contributed by atoms with E-state index in [9.17, 15) is 4.79 Å². The first kappa shape index (κ1) is 13.9. The molecule has 0 N–H and O–H groups in total. The number of carbonyl (C=O) groups is 1. The Labute approximate surface area is 114 Å². The lowest BCUT2D eigenvalue weighted by molar-refractivity contribution is 0.0525. The molecule has 1 fully saturated rings. The van der Waals surface area contributed by atoms with Crippen molar-refractivity contribution in [3.63, 3.8) is 0 Å². The molecule has 0 bridgehead atoms. The summed E-state index contributed by atoms with van der Waals surface area (Å²) in [7, 11) is 0. The van der Waals surface area contributed by atoms with Crippen LogP contribution in [0.5, 0.6) is 5.75 Å². The predicted octanol–water partition coefficient (Wildman–Crippen LogP) is 3.82. The third kappa shape index (κ3) is 4.27. The van der Waals surface area contributed by atoms with Crippen LogP contribution >= 0.6 is 0 Å². The van der Waals surface area contributed by atoms with Crippen LogP contribution in [0.1, 0.15) is 49.4 Å². The second-order valence-corrected chi connectivity index (χ2v) is 5.06. The topological polar surface area (TPSA) is 35.5 Å². The third-order valence-corrected chi connectivity index (χ3v) is 3.56. The van der Waals surface area contributed by atoms with Gasteiger partial charge in [0.2, 0.25) is 0 Å². The minimum Gasteiger partial charge on any atom is -0.493 e. The van der Waals surface area contributed by atoms with Crippen molar-refractivity contribution in [2.45, 2.75) is 39.0 Å². The molecule has 3 nitrogen and oxygen atoms in total. The summed E-state index contributed by atoms with van der Waals surface area (Å²) in [6.45, 7) is 2.96. The fourth-order valence-corrected chi connectivity index (χ4v) is 2.50. The van der Waals surface area contributed by atoms with Crippen molar-refractivity contribution in [3.05, 3.63) is 29.8 Å². The van der Waals surface area contributed by atoms with Crippen molar-refractivity contribution in [3.8, 4) is 5.75 Å². The van der Waals surface area contributed by atoms with E-state index in [1.807, 2.05) is 12.1 Å². The zero-order valence-corrected chi connectivity index (χ0v) is 11.6. The van der Waals surface area contributed by atoms with Crippen molar-refractivity contribution < 1.29 is 14.3 Å². The molecule has 0 amide bonds. The average molecular weight is 262 g/mol. The summed E-state index contributed by atoms with van der Waals surface area (Å²) in [5.74, 6) is 1.14. The van der Waals surface area contributed by atoms with Crippen molar-refractivity contribution in [1.29, 1.82) is 0 Å². The molecule has 0 saturated heterocycles.